The second-order valence-electron chi connectivity index (χ2n) is 6.12. The summed E-state index contributed by atoms with van der Waals surface area (Å²) < 4.78 is 0. The number of benzene rings is 2. The molecule has 3 amide bonds. The Morgan fingerprint density at radius 2 is 1.79 bits per heavy atom. The first-order valence-electron chi connectivity index (χ1n) is 7.98. The molecule has 5 nitrogen and oxygen atoms in total. The third-order valence-corrected chi connectivity index (χ3v) is 4.21. The van der Waals surface area contributed by atoms with E-state index >= 15 is 0 Å². The van der Waals surface area contributed by atoms with Gasteiger partial charge in [-0.05, 0) is 29.7 Å². The molecule has 0 saturated heterocycles. The van der Waals surface area contributed by atoms with E-state index in [9.17, 15) is 9.59 Å². The van der Waals surface area contributed by atoms with Gasteiger partial charge >= 0.3 is 6.03 Å². The van der Waals surface area contributed by atoms with Gasteiger partial charge in [-0.25, -0.2) is 4.79 Å². The highest BCUT2D eigenvalue weighted by Gasteiger charge is 2.23. The molecule has 0 atom stereocenters. The Morgan fingerprint density at radius 3 is 2.50 bits per heavy atom. The number of aryl methyl sites for hydroxylation is 1. The number of rotatable bonds is 4. The highest BCUT2D eigenvalue weighted by molar-refractivity contribution is 6.00. The number of nitrogens with zero attached hydrogens (tertiary/aromatic N) is 1. The van der Waals surface area contributed by atoms with Crippen LogP contribution in [0.1, 0.15) is 22.3 Å². The summed E-state index contributed by atoms with van der Waals surface area (Å²) in [5.41, 5.74) is 5.20. The number of carbonyl (C=O) groups excluding carboxylic acids is 2. The molecule has 0 spiro atoms. The summed E-state index contributed by atoms with van der Waals surface area (Å²) in [6.07, 6.45) is 0.430. The molecule has 1 aliphatic rings. The van der Waals surface area contributed by atoms with Gasteiger partial charge in [0, 0.05) is 25.8 Å². The lowest BCUT2D eigenvalue weighted by molar-refractivity contribution is -0.117. The molecule has 0 saturated carbocycles. The molecule has 0 fully saturated rings. The number of hydrogen-bond donors (Lipinski definition) is 2. The van der Waals surface area contributed by atoms with E-state index in [1.165, 1.54) is 5.56 Å². The second-order valence-corrected chi connectivity index (χ2v) is 6.12. The van der Waals surface area contributed by atoms with Crippen molar-refractivity contribution < 1.29 is 9.59 Å². The summed E-state index contributed by atoms with van der Waals surface area (Å²) in [7, 11) is 1.78. The van der Waals surface area contributed by atoms with E-state index in [-0.39, 0.29) is 11.9 Å². The van der Waals surface area contributed by atoms with Crippen LogP contribution in [0.25, 0.3) is 0 Å². The first-order chi connectivity index (χ1) is 11.5. The molecule has 5 heteroatoms. The average molecular weight is 323 g/mol. The topological polar surface area (TPSA) is 61.4 Å². The van der Waals surface area contributed by atoms with E-state index in [0.29, 0.717) is 19.5 Å². The maximum absolute atomic E-state index is 11.9. The van der Waals surface area contributed by atoms with Crippen LogP contribution in [-0.4, -0.2) is 19.0 Å². The Bertz CT molecular complexity index is 786. The molecule has 0 radical (unpaired) electrons. The van der Waals surface area contributed by atoms with Crippen molar-refractivity contribution in [3.8, 4) is 0 Å². The van der Waals surface area contributed by atoms with E-state index in [1.807, 2.05) is 49.4 Å². The minimum Gasteiger partial charge on any atom is -0.334 e. The minimum absolute atomic E-state index is 0.103. The third-order valence-electron chi connectivity index (χ3n) is 4.21. The molecule has 3 rings (SSSR count). The van der Waals surface area contributed by atoms with E-state index in [0.717, 1.165) is 22.4 Å². The van der Waals surface area contributed by atoms with Crippen molar-refractivity contribution in [1.29, 1.82) is 0 Å². The van der Waals surface area contributed by atoms with Gasteiger partial charge in [0.15, 0.2) is 0 Å². The highest BCUT2D eigenvalue weighted by Crippen LogP contribution is 2.28. The lowest BCUT2D eigenvalue weighted by atomic mass is 10.1. The zero-order chi connectivity index (χ0) is 17.1. The molecular formula is C19H21N3O2. The molecule has 24 heavy (non-hydrogen) atoms. The number of nitrogens with one attached hydrogen (secondary N) is 2. The van der Waals surface area contributed by atoms with Gasteiger partial charge in [0.1, 0.15) is 0 Å². The van der Waals surface area contributed by atoms with Crippen LogP contribution in [0.5, 0.6) is 0 Å². The van der Waals surface area contributed by atoms with Gasteiger partial charge in [-0.2, -0.15) is 0 Å². The Hall–Kier alpha value is -2.82. The molecule has 0 aromatic heterocycles. The largest absolute Gasteiger partial charge is 0.334 e. The second kappa shape index (κ2) is 6.74. The summed E-state index contributed by atoms with van der Waals surface area (Å²) in [4.78, 5) is 25.3. The molecule has 2 N–H and O–H groups in total. The molecule has 1 heterocycles. The highest BCUT2D eigenvalue weighted by atomic mass is 16.2. The van der Waals surface area contributed by atoms with Crippen LogP contribution in [0.2, 0.25) is 0 Å². The Labute approximate surface area is 141 Å². The number of hydrogen-bond acceptors (Lipinski definition) is 2. The zero-order valence-electron chi connectivity index (χ0n) is 13.9. The Morgan fingerprint density at radius 1 is 1.08 bits per heavy atom. The summed E-state index contributed by atoms with van der Waals surface area (Å²) in [5, 5.41) is 5.70. The number of carbonyl (C=O) groups is 2. The maximum Gasteiger partial charge on any atom is 0.315 e. The number of anilines is 1. The Balaban J connectivity index is 1.52. The number of urea groups is 1. The first-order valence-corrected chi connectivity index (χ1v) is 7.98. The summed E-state index contributed by atoms with van der Waals surface area (Å²) in [5.74, 6) is 0.103. The lowest BCUT2D eigenvalue weighted by Gasteiger charge is -2.11. The van der Waals surface area contributed by atoms with E-state index in [4.69, 9.17) is 0 Å². The smallest absolute Gasteiger partial charge is 0.315 e. The molecule has 124 valence electrons. The summed E-state index contributed by atoms with van der Waals surface area (Å²) in [6, 6.07) is 13.7. The van der Waals surface area contributed by atoms with Gasteiger partial charge in [-0.15, -0.1) is 0 Å². The third kappa shape index (κ3) is 3.56. The monoisotopic (exact) mass is 323 g/mol. The fourth-order valence-corrected chi connectivity index (χ4v) is 2.88. The van der Waals surface area contributed by atoms with Gasteiger partial charge < -0.3 is 15.5 Å². The molecule has 2 aromatic carbocycles. The van der Waals surface area contributed by atoms with Crippen LogP contribution in [0, 0.1) is 6.92 Å². The van der Waals surface area contributed by atoms with Crippen molar-refractivity contribution in [3.05, 3.63) is 64.7 Å². The molecule has 0 aliphatic carbocycles. The maximum atomic E-state index is 11.9. The van der Waals surface area contributed by atoms with Crippen molar-refractivity contribution >= 4 is 17.6 Å². The van der Waals surface area contributed by atoms with Crippen LogP contribution in [-0.2, 0) is 24.3 Å². The van der Waals surface area contributed by atoms with Crippen LogP contribution in [0.15, 0.2) is 42.5 Å². The van der Waals surface area contributed by atoms with E-state index < -0.39 is 0 Å². The quantitative estimate of drug-likeness (QED) is 0.908. The summed E-state index contributed by atoms with van der Waals surface area (Å²) in [6.45, 7) is 2.96. The Kier molecular flexibility index (Phi) is 4.51. The molecule has 0 bridgehead atoms. The zero-order valence-corrected chi connectivity index (χ0v) is 13.9. The van der Waals surface area contributed by atoms with Crippen molar-refractivity contribution in [1.82, 2.24) is 10.6 Å². The van der Waals surface area contributed by atoms with Gasteiger partial charge in [-0.3, -0.25) is 4.79 Å². The van der Waals surface area contributed by atoms with Gasteiger partial charge in [0.25, 0.3) is 0 Å². The van der Waals surface area contributed by atoms with Gasteiger partial charge in [0.2, 0.25) is 5.91 Å². The standard InChI is InChI=1S/C19H21N3O2/c1-13-4-3-5-14(8-13)11-20-19(24)21-12-15-6-7-17-16(9-15)10-18(23)22(17)2/h3-9H,10-12H2,1-2H3,(H2,20,21,24). The van der Waals surface area contributed by atoms with Crippen molar-refractivity contribution in [3.63, 3.8) is 0 Å². The van der Waals surface area contributed by atoms with Crippen LogP contribution in [0.3, 0.4) is 0 Å². The predicted octanol–water partition coefficient (Wildman–Crippen LogP) is 2.51. The van der Waals surface area contributed by atoms with Crippen molar-refractivity contribution in [2.75, 3.05) is 11.9 Å². The molecule has 2 aromatic rings. The van der Waals surface area contributed by atoms with Crippen LogP contribution in [0.4, 0.5) is 10.5 Å². The molecule has 0 unspecified atom stereocenters. The van der Waals surface area contributed by atoms with Crippen LogP contribution < -0.4 is 15.5 Å². The molecule has 1 aliphatic heterocycles. The average Bonchev–Trinajstić information content (AvgIpc) is 2.85. The SMILES string of the molecule is Cc1cccc(CNC(=O)NCc2ccc3c(c2)CC(=O)N3C)c1. The fraction of sp³-hybridized carbons (Fsp3) is 0.263. The van der Waals surface area contributed by atoms with Crippen LogP contribution >= 0.6 is 0 Å². The summed E-state index contributed by atoms with van der Waals surface area (Å²) >= 11 is 0. The number of amides is 3. The minimum atomic E-state index is -0.204. The lowest BCUT2D eigenvalue weighted by Crippen LogP contribution is -2.34. The van der Waals surface area contributed by atoms with Gasteiger partial charge in [-0.1, -0.05) is 42.0 Å². The predicted molar refractivity (Wildman–Crippen MR) is 93.8 cm³/mol. The van der Waals surface area contributed by atoms with E-state index in [1.54, 1.807) is 11.9 Å². The first kappa shape index (κ1) is 16.1. The van der Waals surface area contributed by atoms with E-state index in [2.05, 4.69) is 10.6 Å². The number of likely N-dealkylation sites (N-methyl/N-ethyl adjacent to an activating group) is 1. The molecular weight excluding hydrogens is 302 g/mol. The fourth-order valence-electron chi connectivity index (χ4n) is 2.88. The van der Waals surface area contributed by atoms with Crippen molar-refractivity contribution in [2.45, 2.75) is 26.4 Å². The normalized spacial score (nSPS) is 12.9. The van der Waals surface area contributed by atoms with Gasteiger partial charge in [0.05, 0.1) is 6.42 Å². The van der Waals surface area contributed by atoms with Crippen molar-refractivity contribution in [2.24, 2.45) is 0 Å². The number of fused-ring (bicyclic) bond motifs is 1.